The third-order valence-corrected chi connectivity index (χ3v) is 3.76. The summed E-state index contributed by atoms with van der Waals surface area (Å²) in [5.74, 6) is 0.405. The van der Waals surface area contributed by atoms with Gasteiger partial charge in [0.15, 0.2) is 0 Å². The van der Waals surface area contributed by atoms with E-state index >= 15 is 0 Å². The monoisotopic (exact) mass is 464 g/mol. The maximum Gasteiger partial charge on any atom is 2.00 e. The molecule has 0 unspecified atom stereocenters. The fourth-order valence-electron chi connectivity index (χ4n) is 3.08. The van der Waals surface area contributed by atoms with Gasteiger partial charge in [0.2, 0.25) is 0 Å². The van der Waals surface area contributed by atoms with E-state index in [9.17, 15) is 19.8 Å². The molecule has 0 aromatic carbocycles. The van der Waals surface area contributed by atoms with Gasteiger partial charge in [0.05, 0.1) is 0 Å². The molecule has 0 atom stereocenters. The third kappa shape index (κ3) is 27.5. The first-order valence-corrected chi connectivity index (χ1v) is 10.7. The molecule has 0 aromatic heterocycles. The van der Waals surface area contributed by atoms with Gasteiger partial charge in [-0.1, -0.05) is 55.4 Å². The molecular weight excluding hydrogens is 422 g/mol. The van der Waals surface area contributed by atoms with Crippen LogP contribution in [0.2, 0.25) is 0 Å². The van der Waals surface area contributed by atoms with E-state index in [2.05, 4.69) is 65.2 Å². The number of aliphatic carboxylic acids is 2. The van der Waals surface area contributed by atoms with Crippen molar-refractivity contribution in [3.05, 3.63) is 0 Å². The summed E-state index contributed by atoms with van der Waals surface area (Å²) in [5.41, 5.74) is 0. The van der Waals surface area contributed by atoms with Gasteiger partial charge in [0.25, 0.3) is 0 Å². The summed E-state index contributed by atoms with van der Waals surface area (Å²) in [6.07, 6.45) is 0.277. The van der Waals surface area contributed by atoms with Gasteiger partial charge in [-0.2, -0.15) is 0 Å². The fraction of sp³-hybridized carbons (Fsp3) is 0.909. The van der Waals surface area contributed by atoms with E-state index in [4.69, 9.17) is 0 Å². The van der Waals surface area contributed by atoms with Crippen molar-refractivity contribution in [3.8, 4) is 0 Å². The minimum atomic E-state index is -0.956. The normalized spacial score (nSPS) is 11.2. The quantitative estimate of drug-likeness (QED) is 0.361. The minimum absolute atomic E-state index is 0. The van der Waals surface area contributed by atoms with Crippen LogP contribution in [0.3, 0.4) is 0 Å². The summed E-state index contributed by atoms with van der Waals surface area (Å²) >= 11 is 0. The molecule has 29 heavy (non-hydrogen) atoms. The minimum Gasteiger partial charge on any atom is -0.550 e. The van der Waals surface area contributed by atoms with Gasteiger partial charge >= 0.3 is 19.5 Å². The van der Waals surface area contributed by atoms with Gasteiger partial charge in [-0.05, 0) is 36.5 Å². The van der Waals surface area contributed by atoms with E-state index in [0.717, 1.165) is 26.2 Å². The number of hydrogen-bond acceptors (Lipinski definition) is 6. The van der Waals surface area contributed by atoms with E-state index in [1.807, 2.05) is 0 Å². The fourth-order valence-corrected chi connectivity index (χ4v) is 3.08. The van der Waals surface area contributed by atoms with Crippen molar-refractivity contribution in [1.82, 2.24) is 9.80 Å². The molecule has 0 aromatic rings. The SMILES string of the molecule is CC(C)CN(CCC(=O)[O-])CC(C)C.CC(C)CN(CCC(=O)[O-])CC(C)C.[Zn+2]. The smallest absolute Gasteiger partial charge is 0.550 e. The van der Waals surface area contributed by atoms with Crippen LogP contribution < -0.4 is 10.2 Å². The zero-order valence-corrected chi connectivity index (χ0v) is 23.2. The third-order valence-electron chi connectivity index (χ3n) is 3.76. The van der Waals surface area contributed by atoms with Gasteiger partial charge in [0, 0.05) is 51.2 Å². The van der Waals surface area contributed by atoms with Crippen LogP contribution in [0.5, 0.6) is 0 Å². The summed E-state index contributed by atoms with van der Waals surface area (Å²) in [5, 5.41) is 20.7. The van der Waals surface area contributed by atoms with Crippen molar-refractivity contribution >= 4 is 11.9 Å². The number of carbonyl (C=O) groups excluding carboxylic acids is 2. The standard InChI is InChI=1S/2C11H23NO2.Zn/c2*1-9(2)7-12(8-10(3)4)6-5-11(13)14;/h2*9-10H,5-8H2,1-4H3,(H,13,14);/q;;+2/p-2. The second kappa shape index (κ2) is 19.4. The number of nitrogens with zero attached hydrogens (tertiary/aromatic N) is 2. The molecule has 168 valence electrons. The van der Waals surface area contributed by atoms with Crippen molar-refractivity contribution in [2.24, 2.45) is 23.7 Å². The van der Waals surface area contributed by atoms with E-state index in [0.29, 0.717) is 36.8 Å². The Kier molecular flexibility index (Phi) is 22.2. The Morgan fingerprint density at radius 1 is 0.586 bits per heavy atom. The van der Waals surface area contributed by atoms with Crippen LogP contribution in [0.15, 0.2) is 0 Å². The van der Waals surface area contributed by atoms with Crippen LogP contribution >= 0.6 is 0 Å². The largest absolute Gasteiger partial charge is 2.00 e. The number of carboxylic acids is 2. The van der Waals surface area contributed by atoms with E-state index < -0.39 is 11.9 Å². The number of carbonyl (C=O) groups is 2. The van der Waals surface area contributed by atoms with Crippen molar-refractivity contribution in [2.75, 3.05) is 39.3 Å². The molecule has 7 heteroatoms. The first kappa shape index (κ1) is 33.1. The molecule has 0 heterocycles. The Hall–Kier alpha value is -0.517. The first-order chi connectivity index (χ1) is 12.8. The number of carboxylic acid groups (broad SMARTS) is 2. The molecule has 0 radical (unpaired) electrons. The summed E-state index contributed by atoms with van der Waals surface area (Å²) in [6, 6.07) is 0. The van der Waals surface area contributed by atoms with Crippen LogP contribution in [0.4, 0.5) is 0 Å². The molecule has 0 rings (SSSR count). The average molecular weight is 466 g/mol. The van der Waals surface area contributed by atoms with Gasteiger partial charge in [0.1, 0.15) is 0 Å². The van der Waals surface area contributed by atoms with Crippen LogP contribution in [0.25, 0.3) is 0 Å². The molecule has 0 amide bonds. The van der Waals surface area contributed by atoms with E-state index in [1.165, 1.54) is 0 Å². The van der Waals surface area contributed by atoms with Crippen LogP contribution in [0, 0.1) is 23.7 Å². The number of rotatable bonds is 14. The maximum absolute atomic E-state index is 10.3. The van der Waals surface area contributed by atoms with Crippen molar-refractivity contribution in [1.29, 1.82) is 0 Å². The van der Waals surface area contributed by atoms with Gasteiger partial charge in [-0.15, -0.1) is 0 Å². The van der Waals surface area contributed by atoms with E-state index in [-0.39, 0.29) is 32.3 Å². The predicted octanol–water partition coefficient (Wildman–Crippen LogP) is 1.48. The summed E-state index contributed by atoms with van der Waals surface area (Å²) in [4.78, 5) is 25.1. The molecule has 6 nitrogen and oxygen atoms in total. The predicted molar refractivity (Wildman–Crippen MR) is 111 cm³/mol. The van der Waals surface area contributed by atoms with E-state index in [1.54, 1.807) is 0 Å². The van der Waals surface area contributed by atoms with Crippen LogP contribution in [-0.4, -0.2) is 61.0 Å². The zero-order chi connectivity index (χ0) is 22.3. The molecule has 0 saturated heterocycles. The molecule has 0 aliphatic carbocycles. The molecule has 0 aliphatic heterocycles. The Balaban J connectivity index is -0.000000451. The molecule has 0 N–H and O–H groups in total. The van der Waals surface area contributed by atoms with Crippen molar-refractivity contribution < 1.29 is 39.3 Å². The summed E-state index contributed by atoms with van der Waals surface area (Å²) < 4.78 is 0. The molecule has 0 fully saturated rings. The average Bonchev–Trinajstić information content (AvgIpc) is 2.48. The molecule has 0 bridgehead atoms. The Labute approximate surface area is 192 Å². The topological polar surface area (TPSA) is 86.7 Å². The second-order valence-electron chi connectivity index (χ2n) is 9.34. The summed E-state index contributed by atoms with van der Waals surface area (Å²) in [6.45, 7) is 22.2. The van der Waals surface area contributed by atoms with Gasteiger partial charge in [-0.25, -0.2) is 0 Å². The number of hydrogen-bond donors (Lipinski definition) is 0. The second-order valence-corrected chi connectivity index (χ2v) is 9.34. The zero-order valence-electron chi connectivity index (χ0n) is 20.2. The first-order valence-electron chi connectivity index (χ1n) is 10.7. The molecule has 0 saturated carbocycles. The Morgan fingerprint density at radius 3 is 0.931 bits per heavy atom. The van der Waals surface area contributed by atoms with Crippen LogP contribution in [-0.2, 0) is 29.1 Å². The van der Waals surface area contributed by atoms with Gasteiger partial charge < -0.3 is 29.6 Å². The Morgan fingerprint density at radius 2 is 0.793 bits per heavy atom. The Bertz CT molecular complexity index is 358. The maximum atomic E-state index is 10.3. The summed E-state index contributed by atoms with van der Waals surface area (Å²) in [7, 11) is 0. The molecule has 0 spiro atoms. The molecule has 0 aliphatic rings. The molecular formula is C22H44N2O4Zn. The van der Waals surface area contributed by atoms with Crippen LogP contribution in [0.1, 0.15) is 68.2 Å². The van der Waals surface area contributed by atoms with Gasteiger partial charge in [-0.3, -0.25) is 0 Å². The van der Waals surface area contributed by atoms with Crippen molar-refractivity contribution in [2.45, 2.75) is 68.2 Å². The van der Waals surface area contributed by atoms with Crippen molar-refractivity contribution in [3.63, 3.8) is 0 Å².